The van der Waals surface area contributed by atoms with Gasteiger partial charge in [0.1, 0.15) is 5.82 Å². The van der Waals surface area contributed by atoms with Crippen LogP contribution in [0.3, 0.4) is 0 Å². The zero-order chi connectivity index (χ0) is 89.3. The van der Waals surface area contributed by atoms with E-state index in [1.807, 2.05) is 29.6 Å². The molecule has 0 amide bonds. The lowest BCUT2D eigenvalue weighted by Crippen LogP contribution is -2.30. The average Bonchev–Trinajstić information content (AvgIpc) is 0.802. The van der Waals surface area contributed by atoms with Gasteiger partial charge in [0.2, 0.25) is 0 Å². The SMILES string of the molecule is C=C(NCc1cc(COC)c(F)cc1C1CCC1)NC(C)C.C=C(NCc1cc(COC)ccc1C)NC(C)C.C=C(NCc1cc(COC)ccc1CN)NC(C)C.C=C(NCc1cc(COC)ccc1CNCC)NC(C)C.C=C(NCc1cc(CSC)ccc1C1CCC1)NC(C)C.C=C(NCc1cc(SC)ccc1C1CCC1)NC(C)C. The van der Waals surface area contributed by atoms with Crippen molar-refractivity contribution < 1.29 is 23.3 Å². The van der Waals surface area contributed by atoms with Crippen molar-refractivity contribution in [2.45, 2.75) is 298 Å². The molecule has 15 N–H and O–H groups in total. The largest absolute Gasteiger partial charge is 0.380 e. The van der Waals surface area contributed by atoms with Crippen molar-refractivity contribution in [1.29, 1.82) is 0 Å². The van der Waals surface area contributed by atoms with Gasteiger partial charge in [-0.2, -0.15) is 11.8 Å². The number of nitrogens with two attached hydrogens (primary N) is 1. The maximum absolute atomic E-state index is 14.2. The zero-order valence-electron chi connectivity index (χ0n) is 77.9. The van der Waals surface area contributed by atoms with E-state index in [1.54, 1.807) is 34.5 Å². The van der Waals surface area contributed by atoms with E-state index in [4.69, 9.17) is 24.7 Å². The maximum atomic E-state index is 14.2. The molecule has 9 rings (SSSR count). The van der Waals surface area contributed by atoms with Gasteiger partial charge in [0.25, 0.3) is 0 Å². The van der Waals surface area contributed by atoms with Gasteiger partial charge in [0.05, 0.1) is 61.4 Å². The Labute approximate surface area is 740 Å². The number of thioether (sulfide) groups is 2. The molecular formula is C100H159FN14O4S2. The Morgan fingerprint density at radius 1 is 0.380 bits per heavy atom. The maximum Gasteiger partial charge on any atom is 0.129 e. The highest BCUT2D eigenvalue weighted by Crippen LogP contribution is 2.41. The first-order chi connectivity index (χ1) is 57.8. The summed E-state index contributed by atoms with van der Waals surface area (Å²) in [5, 5.41) is 43.0. The van der Waals surface area contributed by atoms with Crippen LogP contribution in [0, 0.1) is 12.7 Å². The molecule has 0 radical (unpaired) electrons. The first-order valence-corrected chi connectivity index (χ1v) is 46.4. The number of ether oxygens (including phenoxy) is 4. The molecule has 6 aromatic carbocycles. The van der Waals surface area contributed by atoms with Crippen LogP contribution in [0.4, 0.5) is 4.39 Å². The van der Waals surface area contributed by atoms with Gasteiger partial charge in [0, 0.05) is 133 Å². The van der Waals surface area contributed by atoms with Crippen LogP contribution in [0.25, 0.3) is 0 Å². The average molecular weight is 1700 g/mol. The molecule has 0 aliphatic heterocycles. The van der Waals surface area contributed by atoms with Crippen molar-refractivity contribution in [3.63, 3.8) is 0 Å². The van der Waals surface area contributed by atoms with E-state index in [9.17, 15) is 4.39 Å². The van der Waals surface area contributed by atoms with Crippen molar-refractivity contribution in [3.05, 3.63) is 278 Å². The smallest absolute Gasteiger partial charge is 0.129 e. The summed E-state index contributed by atoms with van der Waals surface area (Å²) in [4.78, 5) is 1.34. The van der Waals surface area contributed by atoms with Gasteiger partial charge in [0.15, 0.2) is 0 Å². The minimum Gasteiger partial charge on any atom is -0.380 e. The predicted octanol–water partition coefficient (Wildman–Crippen LogP) is 19.5. The molecule has 21 heteroatoms. The molecule has 3 saturated carbocycles. The third-order valence-corrected chi connectivity index (χ3v) is 21.9. The second kappa shape index (κ2) is 58.7. The molecule has 3 aliphatic carbocycles. The number of rotatable bonds is 48. The lowest BCUT2D eigenvalue weighted by Gasteiger charge is -2.29. The van der Waals surface area contributed by atoms with Crippen molar-refractivity contribution in [2.24, 2.45) is 5.73 Å². The number of hydrogen-bond donors (Lipinski definition) is 14. The fourth-order valence-electron chi connectivity index (χ4n) is 14.0. The van der Waals surface area contributed by atoms with Gasteiger partial charge in [-0.25, -0.2) is 4.39 Å². The van der Waals surface area contributed by atoms with Gasteiger partial charge >= 0.3 is 0 Å². The van der Waals surface area contributed by atoms with E-state index in [2.05, 4.69) is 309 Å². The summed E-state index contributed by atoms with van der Waals surface area (Å²) >= 11 is 3.69. The lowest BCUT2D eigenvalue weighted by atomic mass is 9.77. The molecule has 18 nitrogen and oxygen atoms in total. The predicted molar refractivity (Wildman–Crippen MR) is 516 cm³/mol. The van der Waals surface area contributed by atoms with E-state index in [-0.39, 0.29) is 5.82 Å². The Morgan fingerprint density at radius 2 is 0.711 bits per heavy atom. The molecule has 3 fully saturated rings. The van der Waals surface area contributed by atoms with E-state index in [0.29, 0.717) is 93.8 Å². The molecule has 0 aromatic heterocycles. The molecule has 6 aromatic rings. The van der Waals surface area contributed by atoms with Crippen LogP contribution in [-0.4, -0.2) is 83.7 Å². The molecule has 0 atom stereocenters. The van der Waals surface area contributed by atoms with Gasteiger partial charge in [-0.15, -0.1) is 11.8 Å². The summed E-state index contributed by atoms with van der Waals surface area (Å²) in [5.41, 5.74) is 27.0. The summed E-state index contributed by atoms with van der Waals surface area (Å²) in [7, 11) is 6.72. The van der Waals surface area contributed by atoms with Crippen LogP contribution < -0.4 is 74.9 Å². The van der Waals surface area contributed by atoms with Crippen molar-refractivity contribution in [1.82, 2.24) is 69.1 Å². The molecule has 0 bridgehead atoms. The summed E-state index contributed by atoms with van der Waals surface area (Å²) in [5.74, 6) is 8.14. The molecule has 3 aliphatic rings. The van der Waals surface area contributed by atoms with Crippen molar-refractivity contribution in [3.8, 4) is 0 Å². The summed E-state index contributed by atoms with van der Waals surface area (Å²) in [6.45, 7) is 62.6. The third-order valence-electron chi connectivity index (χ3n) is 20.5. The standard InChI is InChI=1S/C18H27FN2O.C18H28N2S.C17H29N3O.C17H26N2S.C15H25N3O.C15H24N2O/c1-12(2)21-13(3)20-10-15-8-16(11-22-4)18(19)9-17(15)14-6-5-7-14;1-13(2)20-14(3)19-11-17-10-15(12-21-4)8-9-18(17)16-6-5-7-16;1-6-18-10-16-8-7-15(12-21-5)9-17(16)11-19-14(4)20-13(2)3;1-12(2)19-13(3)18-11-15-10-16(20-4)8-9-17(15)14-6-5-7-14;1-11(2)18-12(3)17-9-15-7-13(10-19-4)5-6-14(15)8-16;1-11(2)17-13(4)16-9-15-8-14(10-18-5)7-6-12(15)3/h8-9,12,14,20-21H,3,5-7,10-11H2,1-2,4H3;8-10,13,16,19-20H,3,5-7,11-12H2,1-2,4H3;7-9,13,18-20H,4,6,10-12H2,1-3,5H3;8-10,12,14,18-19H,3,5-7,11H2,1-2,4H3;5-7,11,17-18H,3,8-10,16H2,1-2,4H3;6-8,11,16-17H,4,9-10H2,1-3,5H3. The molecule has 0 saturated heterocycles. The second-order valence-electron chi connectivity index (χ2n) is 33.5. The Morgan fingerprint density at radius 3 is 1.07 bits per heavy atom. The number of halogens is 1. The molecular weight excluding hydrogens is 1540 g/mol. The minimum absolute atomic E-state index is 0.161. The van der Waals surface area contributed by atoms with Gasteiger partial charge < -0.3 is 93.8 Å². The topological polar surface area (TPSA) is 219 Å². The van der Waals surface area contributed by atoms with Crippen molar-refractivity contribution >= 4 is 23.5 Å². The number of methoxy groups -OCH3 is 4. The molecule has 121 heavy (non-hydrogen) atoms. The van der Waals surface area contributed by atoms with E-state index < -0.39 is 0 Å². The van der Waals surface area contributed by atoms with Crippen molar-refractivity contribution in [2.75, 3.05) is 47.5 Å². The number of aryl methyl sites for hydroxylation is 1. The highest BCUT2D eigenvalue weighted by Gasteiger charge is 2.26. The first-order valence-electron chi connectivity index (χ1n) is 43.8. The Kier molecular flexibility index (Phi) is 51.0. The fourth-order valence-corrected chi connectivity index (χ4v) is 15.0. The Bertz CT molecular complexity index is 4060. The van der Waals surface area contributed by atoms with Crippen LogP contribution in [0.5, 0.6) is 0 Å². The first kappa shape index (κ1) is 105. The van der Waals surface area contributed by atoms with Crippen LogP contribution in [0.2, 0.25) is 0 Å². The minimum atomic E-state index is -0.161. The summed E-state index contributed by atoms with van der Waals surface area (Å²) < 4.78 is 34.8. The highest BCUT2D eigenvalue weighted by molar-refractivity contribution is 7.98. The Balaban J connectivity index is 0.000000305. The van der Waals surface area contributed by atoms with Gasteiger partial charge in [-0.3, -0.25) is 0 Å². The second-order valence-corrected chi connectivity index (χ2v) is 35.3. The molecule has 0 heterocycles. The normalized spacial score (nSPS) is 12.8. The summed E-state index contributed by atoms with van der Waals surface area (Å²) in [6, 6.07) is 39.0. The van der Waals surface area contributed by atoms with Gasteiger partial charge in [-0.1, -0.05) is 145 Å². The zero-order valence-corrected chi connectivity index (χ0v) is 79.6. The lowest BCUT2D eigenvalue weighted by molar-refractivity contribution is 0.181. The van der Waals surface area contributed by atoms with Crippen LogP contribution in [0.1, 0.15) is 260 Å². The van der Waals surface area contributed by atoms with Crippen LogP contribution in [-0.2, 0) is 103 Å². The quantitative estimate of drug-likeness (QED) is 0.0160. The van der Waals surface area contributed by atoms with E-state index in [1.165, 1.54) is 117 Å². The number of nitrogens with one attached hydrogen (secondary N) is 13. The molecule has 672 valence electrons. The highest BCUT2D eigenvalue weighted by atomic mass is 32.2. The Hall–Kier alpha value is -8.25. The molecule has 0 spiro atoms. The molecule has 0 unspecified atom stereocenters. The summed E-state index contributed by atoms with van der Waals surface area (Å²) in [6.07, 6.45) is 16.0. The van der Waals surface area contributed by atoms with Crippen LogP contribution >= 0.6 is 23.5 Å². The van der Waals surface area contributed by atoms with E-state index >= 15 is 0 Å². The van der Waals surface area contributed by atoms with Gasteiger partial charge in [-0.05, 0) is 279 Å². The third kappa shape index (κ3) is 41.7. The van der Waals surface area contributed by atoms with Crippen LogP contribution in [0.15, 0.2) is 182 Å². The monoisotopic (exact) mass is 1700 g/mol. The number of benzene rings is 6. The van der Waals surface area contributed by atoms with E-state index in [0.717, 1.165) is 127 Å². The number of hydrogen-bond acceptors (Lipinski definition) is 20. The fraction of sp³-hybridized carbons (Fsp3) is 0.520.